The van der Waals surface area contributed by atoms with Crippen LogP contribution in [0.15, 0.2) is 18.6 Å². The van der Waals surface area contributed by atoms with Crippen LogP contribution in [0.5, 0.6) is 0 Å². The van der Waals surface area contributed by atoms with Crippen LogP contribution in [-0.4, -0.2) is 27.9 Å². The van der Waals surface area contributed by atoms with E-state index in [-0.39, 0.29) is 0 Å². The molecule has 2 atom stereocenters. The minimum absolute atomic E-state index is 0.578. The Hall–Kier alpha value is -0.640. The van der Waals surface area contributed by atoms with Gasteiger partial charge in [0.25, 0.3) is 0 Å². The summed E-state index contributed by atoms with van der Waals surface area (Å²) < 4.78 is 0. The average molecular weight is 242 g/mol. The molecule has 4 heteroatoms. The van der Waals surface area contributed by atoms with E-state index in [1.807, 2.05) is 6.20 Å². The normalized spacial score (nSPS) is 28.0. The van der Waals surface area contributed by atoms with E-state index in [1.165, 1.54) is 0 Å². The zero-order valence-electron chi connectivity index (χ0n) is 7.52. The van der Waals surface area contributed by atoms with Crippen molar-refractivity contribution in [1.82, 2.24) is 9.97 Å². The van der Waals surface area contributed by atoms with Gasteiger partial charge in [0.1, 0.15) is 5.82 Å². The third-order valence-corrected chi connectivity index (χ3v) is 3.59. The first-order valence-electron chi connectivity index (χ1n) is 4.42. The van der Waals surface area contributed by atoms with Gasteiger partial charge in [-0.25, -0.2) is 4.98 Å². The largest absolute Gasteiger partial charge is 0.354 e. The van der Waals surface area contributed by atoms with Crippen LogP contribution in [0.4, 0.5) is 5.82 Å². The van der Waals surface area contributed by atoms with Gasteiger partial charge in [0.05, 0.1) is 6.20 Å². The zero-order valence-corrected chi connectivity index (χ0v) is 9.11. The Kier molecular flexibility index (Phi) is 2.49. The highest BCUT2D eigenvalue weighted by Crippen LogP contribution is 2.25. The van der Waals surface area contributed by atoms with Crippen molar-refractivity contribution >= 4 is 21.7 Å². The molecule has 0 saturated carbocycles. The van der Waals surface area contributed by atoms with E-state index in [2.05, 4.69) is 37.7 Å². The van der Waals surface area contributed by atoms with Crippen molar-refractivity contribution in [3.63, 3.8) is 0 Å². The number of alkyl halides is 1. The third kappa shape index (κ3) is 1.82. The third-order valence-electron chi connectivity index (χ3n) is 2.39. The van der Waals surface area contributed by atoms with Crippen LogP contribution in [-0.2, 0) is 0 Å². The van der Waals surface area contributed by atoms with E-state index in [0.29, 0.717) is 10.7 Å². The second-order valence-electron chi connectivity index (χ2n) is 3.46. The van der Waals surface area contributed by atoms with Crippen LogP contribution < -0.4 is 4.90 Å². The molecule has 1 aromatic rings. The standard InChI is InChI=1S/C9H12BrN3/c1-7-5-13(6-8(7)10)9-4-11-2-3-12-9/h2-4,7-8H,5-6H2,1H3. The maximum Gasteiger partial charge on any atom is 0.147 e. The molecular weight excluding hydrogens is 230 g/mol. The molecule has 1 fully saturated rings. The molecule has 0 spiro atoms. The van der Waals surface area contributed by atoms with E-state index in [1.54, 1.807) is 12.4 Å². The molecule has 0 N–H and O–H groups in total. The Morgan fingerprint density at radius 2 is 2.31 bits per heavy atom. The van der Waals surface area contributed by atoms with Gasteiger partial charge < -0.3 is 4.90 Å². The number of halogens is 1. The summed E-state index contributed by atoms with van der Waals surface area (Å²) >= 11 is 3.65. The fraction of sp³-hybridized carbons (Fsp3) is 0.556. The molecule has 2 heterocycles. The molecule has 3 nitrogen and oxygen atoms in total. The van der Waals surface area contributed by atoms with Gasteiger partial charge in [-0.2, -0.15) is 0 Å². The first-order valence-corrected chi connectivity index (χ1v) is 5.34. The van der Waals surface area contributed by atoms with Crippen LogP contribution in [0, 0.1) is 5.92 Å². The van der Waals surface area contributed by atoms with Gasteiger partial charge >= 0.3 is 0 Å². The Bertz CT molecular complexity index is 267. The summed E-state index contributed by atoms with van der Waals surface area (Å²) in [7, 11) is 0. The van der Waals surface area contributed by atoms with E-state index >= 15 is 0 Å². The van der Waals surface area contributed by atoms with Crippen molar-refractivity contribution < 1.29 is 0 Å². The fourth-order valence-electron chi connectivity index (χ4n) is 1.57. The summed E-state index contributed by atoms with van der Waals surface area (Å²) in [6, 6.07) is 0. The van der Waals surface area contributed by atoms with Gasteiger partial charge in [-0.1, -0.05) is 22.9 Å². The molecular formula is C9H12BrN3. The summed E-state index contributed by atoms with van der Waals surface area (Å²) in [6.45, 7) is 4.34. The summed E-state index contributed by atoms with van der Waals surface area (Å²) in [5.41, 5.74) is 0. The molecule has 1 saturated heterocycles. The second-order valence-corrected chi connectivity index (χ2v) is 4.64. The average Bonchev–Trinajstić information content (AvgIpc) is 2.49. The molecule has 1 aromatic heterocycles. The van der Waals surface area contributed by atoms with Crippen molar-refractivity contribution in [3.05, 3.63) is 18.6 Å². The highest BCUT2D eigenvalue weighted by molar-refractivity contribution is 9.09. The van der Waals surface area contributed by atoms with Crippen molar-refractivity contribution in [2.24, 2.45) is 5.92 Å². The molecule has 0 bridgehead atoms. The molecule has 0 aliphatic carbocycles. The molecule has 1 aliphatic rings. The highest BCUT2D eigenvalue weighted by Gasteiger charge is 2.27. The lowest BCUT2D eigenvalue weighted by atomic mass is 10.2. The lowest BCUT2D eigenvalue weighted by Crippen LogP contribution is -2.20. The van der Waals surface area contributed by atoms with Gasteiger partial charge in [-0.3, -0.25) is 4.98 Å². The zero-order chi connectivity index (χ0) is 9.26. The quantitative estimate of drug-likeness (QED) is 0.702. The Morgan fingerprint density at radius 3 is 2.85 bits per heavy atom. The van der Waals surface area contributed by atoms with E-state index < -0.39 is 0 Å². The fourth-order valence-corrected chi connectivity index (χ4v) is 2.09. The Balaban J connectivity index is 2.12. The van der Waals surface area contributed by atoms with Gasteiger partial charge in [0, 0.05) is 30.3 Å². The van der Waals surface area contributed by atoms with Gasteiger partial charge in [-0.05, 0) is 5.92 Å². The number of aromatic nitrogens is 2. The molecule has 2 rings (SSSR count). The summed E-state index contributed by atoms with van der Waals surface area (Å²) in [5, 5.41) is 0. The minimum Gasteiger partial charge on any atom is -0.354 e. The smallest absolute Gasteiger partial charge is 0.147 e. The van der Waals surface area contributed by atoms with Crippen LogP contribution in [0.25, 0.3) is 0 Å². The maximum absolute atomic E-state index is 4.27. The lowest BCUT2D eigenvalue weighted by molar-refractivity contribution is 0.679. The Morgan fingerprint density at radius 1 is 1.46 bits per heavy atom. The molecule has 2 unspecified atom stereocenters. The number of nitrogens with zero attached hydrogens (tertiary/aromatic N) is 3. The number of hydrogen-bond donors (Lipinski definition) is 0. The first kappa shape index (κ1) is 8.94. The van der Waals surface area contributed by atoms with E-state index in [4.69, 9.17) is 0 Å². The van der Waals surface area contributed by atoms with Crippen molar-refractivity contribution in [2.45, 2.75) is 11.8 Å². The molecule has 0 aromatic carbocycles. The summed E-state index contributed by atoms with van der Waals surface area (Å²) in [5.74, 6) is 1.67. The first-order chi connectivity index (χ1) is 6.27. The minimum atomic E-state index is 0.578. The topological polar surface area (TPSA) is 29.0 Å². The van der Waals surface area contributed by atoms with Gasteiger partial charge in [0.15, 0.2) is 0 Å². The van der Waals surface area contributed by atoms with Crippen molar-refractivity contribution in [2.75, 3.05) is 18.0 Å². The SMILES string of the molecule is CC1CN(c2cnccn2)CC1Br. The number of anilines is 1. The summed E-state index contributed by atoms with van der Waals surface area (Å²) in [4.78, 5) is 11.2. The van der Waals surface area contributed by atoms with Crippen LogP contribution in [0.3, 0.4) is 0 Å². The second kappa shape index (κ2) is 3.62. The Labute approximate surface area is 86.3 Å². The molecule has 13 heavy (non-hydrogen) atoms. The molecule has 1 aliphatic heterocycles. The van der Waals surface area contributed by atoms with Crippen molar-refractivity contribution in [3.8, 4) is 0 Å². The predicted molar refractivity (Wildman–Crippen MR) is 56.1 cm³/mol. The highest BCUT2D eigenvalue weighted by atomic mass is 79.9. The predicted octanol–water partition coefficient (Wildman–Crippen LogP) is 1.70. The maximum atomic E-state index is 4.27. The number of hydrogen-bond acceptors (Lipinski definition) is 3. The molecule has 0 amide bonds. The van der Waals surface area contributed by atoms with Crippen LogP contribution >= 0.6 is 15.9 Å². The lowest BCUT2D eigenvalue weighted by Gasteiger charge is -2.15. The summed E-state index contributed by atoms with van der Waals surface area (Å²) in [6.07, 6.45) is 5.26. The van der Waals surface area contributed by atoms with E-state index in [9.17, 15) is 0 Å². The van der Waals surface area contributed by atoms with Crippen LogP contribution in [0.2, 0.25) is 0 Å². The molecule has 70 valence electrons. The van der Waals surface area contributed by atoms with Crippen LogP contribution in [0.1, 0.15) is 6.92 Å². The van der Waals surface area contributed by atoms with Crippen molar-refractivity contribution in [1.29, 1.82) is 0 Å². The van der Waals surface area contributed by atoms with Gasteiger partial charge in [-0.15, -0.1) is 0 Å². The van der Waals surface area contributed by atoms with E-state index in [0.717, 1.165) is 18.9 Å². The number of rotatable bonds is 1. The monoisotopic (exact) mass is 241 g/mol. The molecule has 0 radical (unpaired) electrons. The van der Waals surface area contributed by atoms with Gasteiger partial charge in [0.2, 0.25) is 0 Å².